The van der Waals surface area contributed by atoms with Gasteiger partial charge >= 0.3 is 0 Å². The maximum Gasteiger partial charge on any atom is 0.0341 e. The summed E-state index contributed by atoms with van der Waals surface area (Å²) in [7, 11) is 0. The Bertz CT molecular complexity index is 287. The first-order chi connectivity index (χ1) is 6.97. The smallest absolute Gasteiger partial charge is 0.0341 e. The minimum absolute atomic E-state index is 0.196. The van der Waals surface area contributed by atoms with E-state index >= 15 is 0 Å². The topological polar surface area (TPSA) is 24.1 Å². The van der Waals surface area contributed by atoms with Gasteiger partial charge in [-0.1, -0.05) is 15.9 Å². The predicted molar refractivity (Wildman–Crippen MR) is 70.4 cm³/mol. The zero-order valence-electron chi connectivity index (χ0n) is 9.60. The third-order valence-electron chi connectivity index (χ3n) is 1.95. The molecule has 0 radical (unpaired) electrons. The van der Waals surface area contributed by atoms with Crippen molar-refractivity contribution in [1.82, 2.24) is 5.32 Å². The summed E-state index contributed by atoms with van der Waals surface area (Å²) in [6.07, 6.45) is 0. The number of hydrogen-bond donors (Lipinski definition) is 2. The van der Waals surface area contributed by atoms with Gasteiger partial charge in [0.05, 0.1) is 0 Å². The van der Waals surface area contributed by atoms with Gasteiger partial charge in [0, 0.05) is 28.8 Å². The van der Waals surface area contributed by atoms with Crippen LogP contribution in [0.2, 0.25) is 0 Å². The fourth-order valence-corrected chi connectivity index (χ4v) is 1.48. The third-order valence-corrected chi connectivity index (χ3v) is 2.48. The average molecular weight is 271 g/mol. The molecular weight excluding hydrogens is 252 g/mol. The van der Waals surface area contributed by atoms with Gasteiger partial charge in [-0.05, 0) is 45.0 Å². The van der Waals surface area contributed by atoms with Crippen LogP contribution in [0.5, 0.6) is 0 Å². The van der Waals surface area contributed by atoms with Gasteiger partial charge in [0.15, 0.2) is 0 Å². The highest BCUT2D eigenvalue weighted by Crippen LogP contribution is 2.13. The van der Waals surface area contributed by atoms with E-state index in [0.29, 0.717) is 0 Å². The maximum absolute atomic E-state index is 3.43. The Balaban J connectivity index is 2.23. The lowest BCUT2D eigenvalue weighted by Crippen LogP contribution is -2.38. The molecule has 0 fully saturated rings. The Morgan fingerprint density at radius 3 is 2.20 bits per heavy atom. The van der Waals surface area contributed by atoms with Crippen LogP contribution < -0.4 is 10.6 Å². The molecule has 3 heteroatoms. The molecule has 0 saturated heterocycles. The fraction of sp³-hybridized carbons (Fsp3) is 0.500. The van der Waals surface area contributed by atoms with Crippen molar-refractivity contribution in [1.29, 1.82) is 0 Å². The zero-order chi connectivity index (χ0) is 11.3. The molecule has 0 aromatic heterocycles. The van der Waals surface area contributed by atoms with Gasteiger partial charge in [-0.25, -0.2) is 0 Å². The summed E-state index contributed by atoms with van der Waals surface area (Å²) in [6.45, 7) is 8.43. The second kappa shape index (κ2) is 5.52. The zero-order valence-corrected chi connectivity index (χ0v) is 11.2. The van der Waals surface area contributed by atoms with E-state index in [4.69, 9.17) is 0 Å². The van der Waals surface area contributed by atoms with Crippen LogP contribution in [0.3, 0.4) is 0 Å². The van der Waals surface area contributed by atoms with Crippen LogP contribution in [0.25, 0.3) is 0 Å². The molecule has 1 aromatic carbocycles. The number of anilines is 1. The van der Waals surface area contributed by atoms with Crippen molar-refractivity contribution in [2.45, 2.75) is 26.3 Å². The molecule has 0 aliphatic rings. The summed E-state index contributed by atoms with van der Waals surface area (Å²) in [5.41, 5.74) is 1.36. The lowest BCUT2D eigenvalue weighted by atomic mass is 10.1. The number of benzene rings is 1. The van der Waals surface area contributed by atoms with E-state index in [0.717, 1.165) is 23.2 Å². The van der Waals surface area contributed by atoms with Gasteiger partial charge in [0.2, 0.25) is 0 Å². The van der Waals surface area contributed by atoms with Gasteiger partial charge < -0.3 is 10.6 Å². The Labute approximate surface area is 101 Å². The molecule has 2 nitrogen and oxygen atoms in total. The Morgan fingerprint density at radius 1 is 1.07 bits per heavy atom. The summed E-state index contributed by atoms with van der Waals surface area (Å²) in [5.74, 6) is 0. The van der Waals surface area contributed by atoms with Crippen LogP contribution in [0.1, 0.15) is 20.8 Å². The standard InChI is InChI=1S/C12H19BrN2/c1-12(2,3)15-9-8-14-11-6-4-10(13)5-7-11/h4-7,14-15H,8-9H2,1-3H3. The van der Waals surface area contributed by atoms with E-state index in [1.807, 2.05) is 12.1 Å². The van der Waals surface area contributed by atoms with Crippen molar-refractivity contribution >= 4 is 21.6 Å². The number of halogens is 1. The van der Waals surface area contributed by atoms with E-state index in [2.05, 4.69) is 59.5 Å². The minimum atomic E-state index is 0.196. The summed E-state index contributed by atoms with van der Waals surface area (Å²) in [5, 5.41) is 6.79. The predicted octanol–water partition coefficient (Wildman–Crippen LogP) is 3.25. The van der Waals surface area contributed by atoms with E-state index in [1.165, 1.54) is 0 Å². The first kappa shape index (κ1) is 12.5. The van der Waals surface area contributed by atoms with E-state index in [-0.39, 0.29) is 5.54 Å². The van der Waals surface area contributed by atoms with Crippen LogP contribution in [0.4, 0.5) is 5.69 Å². The van der Waals surface area contributed by atoms with Gasteiger partial charge in [0.1, 0.15) is 0 Å². The molecule has 1 aromatic rings. The molecule has 2 N–H and O–H groups in total. The minimum Gasteiger partial charge on any atom is -0.384 e. The normalized spacial score (nSPS) is 11.5. The van der Waals surface area contributed by atoms with Gasteiger partial charge in [-0.2, -0.15) is 0 Å². The number of nitrogens with one attached hydrogen (secondary N) is 2. The summed E-state index contributed by atoms with van der Waals surface area (Å²) >= 11 is 3.41. The first-order valence-electron chi connectivity index (χ1n) is 5.22. The highest BCUT2D eigenvalue weighted by molar-refractivity contribution is 9.10. The molecule has 1 rings (SSSR count). The SMILES string of the molecule is CC(C)(C)NCCNc1ccc(Br)cc1. The highest BCUT2D eigenvalue weighted by atomic mass is 79.9. The molecule has 0 aliphatic carbocycles. The quantitative estimate of drug-likeness (QED) is 0.821. The van der Waals surface area contributed by atoms with E-state index in [1.54, 1.807) is 0 Å². The van der Waals surface area contributed by atoms with Crippen molar-refractivity contribution in [2.75, 3.05) is 18.4 Å². The van der Waals surface area contributed by atoms with Gasteiger partial charge in [-0.15, -0.1) is 0 Å². The molecule has 15 heavy (non-hydrogen) atoms. The van der Waals surface area contributed by atoms with Gasteiger partial charge in [0.25, 0.3) is 0 Å². The molecule has 0 heterocycles. The molecule has 0 spiro atoms. The van der Waals surface area contributed by atoms with Crippen LogP contribution in [0, 0.1) is 0 Å². The fourth-order valence-electron chi connectivity index (χ4n) is 1.21. The largest absolute Gasteiger partial charge is 0.384 e. The third kappa shape index (κ3) is 5.80. The van der Waals surface area contributed by atoms with Crippen molar-refractivity contribution in [3.05, 3.63) is 28.7 Å². The van der Waals surface area contributed by atoms with Crippen LogP contribution >= 0.6 is 15.9 Å². The van der Waals surface area contributed by atoms with E-state index < -0.39 is 0 Å². The van der Waals surface area contributed by atoms with Crippen molar-refractivity contribution in [3.63, 3.8) is 0 Å². The Morgan fingerprint density at radius 2 is 1.67 bits per heavy atom. The lowest BCUT2D eigenvalue weighted by molar-refractivity contribution is 0.435. The van der Waals surface area contributed by atoms with Crippen LogP contribution in [0.15, 0.2) is 28.7 Å². The summed E-state index contributed by atoms with van der Waals surface area (Å²) in [4.78, 5) is 0. The number of hydrogen-bond acceptors (Lipinski definition) is 2. The first-order valence-corrected chi connectivity index (χ1v) is 6.01. The molecular formula is C12H19BrN2. The molecule has 0 unspecified atom stereocenters. The second-order valence-electron chi connectivity index (χ2n) is 4.61. The molecule has 0 atom stereocenters. The second-order valence-corrected chi connectivity index (χ2v) is 5.53. The Kier molecular flexibility index (Phi) is 4.61. The van der Waals surface area contributed by atoms with Crippen molar-refractivity contribution < 1.29 is 0 Å². The molecule has 0 aliphatic heterocycles. The summed E-state index contributed by atoms with van der Waals surface area (Å²) in [6, 6.07) is 8.22. The molecule has 0 amide bonds. The molecule has 0 bridgehead atoms. The lowest BCUT2D eigenvalue weighted by Gasteiger charge is -2.20. The number of rotatable bonds is 4. The summed E-state index contributed by atoms with van der Waals surface area (Å²) < 4.78 is 1.11. The molecule has 0 saturated carbocycles. The average Bonchev–Trinajstić information content (AvgIpc) is 2.14. The van der Waals surface area contributed by atoms with Crippen LogP contribution in [-0.2, 0) is 0 Å². The molecule has 84 valence electrons. The monoisotopic (exact) mass is 270 g/mol. The van der Waals surface area contributed by atoms with E-state index in [9.17, 15) is 0 Å². The van der Waals surface area contributed by atoms with Crippen molar-refractivity contribution in [2.24, 2.45) is 0 Å². The Hall–Kier alpha value is -0.540. The van der Waals surface area contributed by atoms with Gasteiger partial charge in [-0.3, -0.25) is 0 Å². The highest BCUT2D eigenvalue weighted by Gasteiger charge is 2.06. The van der Waals surface area contributed by atoms with Crippen LogP contribution in [-0.4, -0.2) is 18.6 Å². The van der Waals surface area contributed by atoms with Crippen molar-refractivity contribution in [3.8, 4) is 0 Å². The maximum atomic E-state index is 3.43.